The lowest BCUT2D eigenvalue weighted by molar-refractivity contribution is 0.475. The minimum atomic E-state index is 0. The summed E-state index contributed by atoms with van der Waals surface area (Å²) in [7, 11) is 1.77. The van der Waals surface area contributed by atoms with E-state index in [4.69, 9.17) is 4.74 Å². The highest BCUT2D eigenvalue weighted by Crippen LogP contribution is 2.24. The molecule has 0 amide bonds. The summed E-state index contributed by atoms with van der Waals surface area (Å²) in [6.07, 6.45) is 4.73. The van der Waals surface area contributed by atoms with Crippen LogP contribution >= 0.6 is 24.0 Å². The van der Waals surface area contributed by atoms with Crippen molar-refractivity contribution in [3.8, 4) is 11.5 Å². The molecule has 0 atom stereocenters. The number of benzene rings is 2. The molecule has 0 aliphatic carbocycles. The fourth-order valence-electron chi connectivity index (χ4n) is 2.65. The number of aromatic nitrogens is 2. The van der Waals surface area contributed by atoms with E-state index in [2.05, 4.69) is 26.8 Å². The molecule has 7 heteroatoms. The molecule has 2 aromatic carbocycles. The number of aliphatic imine (C=N–C) groups is 1. The van der Waals surface area contributed by atoms with Crippen LogP contribution in [0.25, 0.3) is 0 Å². The van der Waals surface area contributed by atoms with Gasteiger partial charge in [-0.05, 0) is 30.7 Å². The molecular weight excluding hydrogens is 465 g/mol. The molecule has 0 aliphatic rings. The van der Waals surface area contributed by atoms with Crippen LogP contribution < -0.4 is 15.4 Å². The number of guanidine groups is 1. The van der Waals surface area contributed by atoms with E-state index in [9.17, 15) is 0 Å². The number of nitrogens with one attached hydrogen (secondary N) is 2. The van der Waals surface area contributed by atoms with Gasteiger partial charge in [-0.15, -0.1) is 24.0 Å². The quantitative estimate of drug-likeness (QED) is 0.216. The number of ether oxygens (including phenoxy) is 1. The normalized spacial score (nSPS) is 10.8. The molecule has 0 fully saturated rings. The maximum absolute atomic E-state index is 6.01. The largest absolute Gasteiger partial charge is 0.457 e. The van der Waals surface area contributed by atoms with Crippen LogP contribution in [0.15, 0.2) is 78.0 Å². The minimum absolute atomic E-state index is 0. The number of rotatable bonds is 8. The molecule has 1 heterocycles. The van der Waals surface area contributed by atoms with Gasteiger partial charge >= 0.3 is 0 Å². The average Bonchev–Trinajstić information content (AvgIpc) is 3.23. The van der Waals surface area contributed by atoms with E-state index < -0.39 is 0 Å². The fraction of sp³-hybridized carbons (Fsp3) is 0.238. The summed E-state index contributed by atoms with van der Waals surface area (Å²) in [6.45, 7) is 2.33. The summed E-state index contributed by atoms with van der Waals surface area (Å²) >= 11 is 0. The van der Waals surface area contributed by atoms with Crippen LogP contribution in [0.2, 0.25) is 0 Å². The van der Waals surface area contributed by atoms with Gasteiger partial charge in [0.2, 0.25) is 0 Å². The molecular formula is C21H26IN5O. The van der Waals surface area contributed by atoms with Gasteiger partial charge in [-0.2, -0.15) is 5.10 Å². The second-order valence-corrected chi connectivity index (χ2v) is 6.00. The molecule has 0 unspecified atom stereocenters. The van der Waals surface area contributed by atoms with Gasteiger partial charge < -0.3 is 15.4 Å². The lowest BCUT2D eigenvalue weighted by Crippen LogP contribution is -2.37. The maximum Gasteiger partial charge on any atom is 0.191 e. The summed E-state index contributed by atoms with van der Waals surface area (Å²) < 4.78 is 7.93. The molecule has 148 valence electrons. The molecule has 28 heavy (non-hydrogen) atoms. The van der Waals surface area contributed by atoms with Crippen LogP contribution in [-0.2, 0) is 13.1 Å². The molecule has 0 saturated heterocycles. The molecule has 0 saturated carbocycles. The Morgan fingerprint density at radius 2 is 1.82 bits per heavy atom. The number of aryl methyl sites for hydroxylation is 1. The van der Waals surface area contributed by atoms with Crippen molar-refractivity contribution in [2.75, 3.05) is 13.6 Å². The van der Waals surface area contributed by atoms with Crippen molar-refractivity contribution in [3.63, 3.8) is 0 Å². The summed E-state index contributed by atoms with van der Waals surface area (Å²) in [5.41, 5.74) is 1.07. The number of hydrogen-bond donors (Lipinski definition) is 2. The zero-order valence-corrected chi connectivity index (χ0v) is 18.2. The van der Waals surface area contributed by atoms with Crippen LogP contribution in [0.5, 0.6) is 11.5 Å². The summed E-state index contributed by atoms with van der Waals surface area (Å²) in [5.74, 6) is 2.43. The van der Waals surface area contributed by atoms with Crippen molar-refractivity contribution in [1.82, 2.24) is 20.4 Å². The Bertz CT molecular complexity index is 837. The van der Waals surface area contributed by atoms with Gasteiger partial charge in [0, 0.05) is 44.6 Å². The summed E-state index contributed by atoms with van der Waals surface area (Å²) in [4.78, 5) is 4.28. The van der Waals surface area contributed by atoms with Crippen molar-refractivity contribution in [2.45, 2.75) is 19.5 Å². The van der Waals surface area contributed by atoms with Gasteiger partial charge in [-0.3, -0.25) is 9.67 Å². The second-order valence-electron chi connectivity index (χ2n) is 6.00. The molecule has 0 radical (unpaired) electrons. The topological polar surface area (TPSA) is 63.5 Å². The Labute approximate surface area is 183 Å². The van der Waals surface area contributed by atoms with E-state index in [1.54, 1.807) is 13.2 Å². The van der Waals surface area contributed by atoms with Crippen molar-refractivity contribution < 1.29 is 4.74 Å². The minimum Gasteiger partial charge on any atom is -0.457 e. The average molecular weight is 491 g/mol. The smallest absolute Gasteiger partial charge is 0.191 e. The van der Waals surface area contributed by atoms with E-state index in [1.807, 2.05) is 65.5 Å². The van der Waals surface area contributed by atoms with Crippen molar-refractivity contribution >= 4 is 29.9 Å². The molecule has 1 aromatic heterocycles. The number of hydrogen-bond acceptors (Lipinski definition) is 3. The zero-order valence-electron chi connectivity index (χ0n) is 15.9. The molecule has 3 aromatic rings. The molecule has 2 N–H and O–H groups in total. The van der Waals surface area contributed by atoms with Crippen molar-refractivity contribution in [2.24, 2.45) is 4.99 Å². The molecule has 0 aliphatic heterocycles. The van der Waals surface area contributed by atoms with Crippen molar-refractivity contribution in [1.29, 1.82) is 0 Å². The van der Waals surface area contributed by atoms with Crippen LogP contribution in [0.3, 0.4) is 0 Å². The van der Waals surface area contributed by atoms with Crippen LogP contribution in [0.1, 0.15) is 12.0 Å². The standard InChI is InChI=1S/C21H25N5O.HI/c1-22-21(23-13-7-15-26-16-8-14-25-26)24-17-18-9-5-6-12-20(18)27-19-10-3-2-4-11-19;/h2-6,8-12,14,16H,7,13,15,17H2,1H3,(H2,22,23,24);1H. The van der Waals surface area contributed by atoms with E-state index >= 15 is 0 Å². The number of nitrogens with zero attached hydrogens (tertiary/aromatic N) is 3. The lowest BCUT2D eigenvalue weighted by Gasteiger charge is -2.14. The van der Waals surface area contributed by atoms with Gasteiger partial charge in [0.25, 0.3) is 0 Å². The van der Waals surface area contributed by atoms with Gasteiger partial charge in [0.05, 0.1) is 0 Å². The fourth-order valence-corrected chi connectivity index (χ4v) is 2.65. The van der Waals surface area contributed by atoms with Crippen LogP contribution in [0.4, 0.5) is 0 Å². The first kappa shape index (κ1) is 21.7. The Morgan fingerprint density at radius 3 is 2.57 bits per heavy atom. The monoisotopic (exact) mass is 491 g/mol. The first-order valence-corrected chi connectivity index (χ1v) is 9.08. The number of para-hydroxylation sites is 2. The lowest BCUT2D eigenvalue weighted by atomic mass is 10.2. The van der Waals surface area contributed by atoms with Crippen molar-refractivity contribution in [3.05, 3.63) is 78.6 Å². The molecule has 0 spiro atoms. The van der Waals surface area contributed by atoms with E-state index in [-0.39, 0.29) is 24.0 Å². The summed E-state index contributed by atoms with van der Waals surface area (Å²) in [5, 5.41) is 10.9. The maximum atomic E-state index is 6.01. The predicted molar refractivity (Wildman–Crippen MR) is 123 cm³/mol. The Hall–Kier alpha value is -2.55. The van der Waals surface area contributed by atoms with E-state index in [0.29, 0.717) is 6.54 Å². The van der Waals surface area contributed by atoms with Gasteiger partial charge in [0.15, 0.2) is 5.96 Å². The highest BCUT2D eigenvalue weighted by molar-refractivity contribution is 14.0. The third kappa shape index (κ3) is 6.88. The Balaban J connectivity index is 0.00000280. The third-order valence-corrected chi connectivity index (χ3v) is 4.03. The first-order chi connectivity index (χ1) is 13.3. The highest BCUT2D eigenvalue weighted by Gasteiger charge is 2.05. The molecule has 0 bridgehead atoms. The summed E-state index contributed by atoms with van der Waals surface area (Å²) in [6, 6.07) is 19.7. The Morgan fingerprint density at radius 1 is 1.04 bits per heavy atom. The Kier molecular flexibility index (Phi) is 9.33. The van der Waals surface area contributed by atoms with Gasteiger partial charge in [-0.25, -0.2) is 0 Å². The zero-order chi connectivity index (χ0) is 18.7. The van der Waals surface area contributed by atoms with Crippen LogP contribution in [0, 0.1) is 0 Å². The first-order valence-electron chi connectivity index (χ1n) is 9.08. The van der Waals surface area contributed by atoms with E-state index in [0.717, 1.165) is 42.5 Å². The second kappa shape index (κ2) is 12.0. The molecule has 3 rings (SSSR count). The molecule has 6 nitrogen and oxygen atoms in total. The van der Waals surface area contributed by atoms with Crippen LogP contribution in [-0.4, -0.2) is 29.3 Å². The highest BCUT2D eigenvalue weighted by atomic mass is 127. The van der Waals surface area contributed by atoms with Gasteiger partial charge in [0.1, 0.15) is 11.5 Å². The number of halogens is 1. The predicted octanol–water partition coefficient (Wildman–Crippen LogP) is 4.05. The van der Waals surface area contributed by atoms with E-state index in [1.165, 1.54) is 0 Å². The SMILES string of the molecule is CN=C(NCCCn1cccn1)NCc1ccccc1Oc1ccccc1.I. The van der Waals surface area contributed by atoms with Gasteiger partial charge in [-0.1, -0.05) is 36.4 Å². The third-order valence-electron chi connectivity index (χ3n) is 4.03.